The van der Waals surface area contributed by atoms with Gasteiger partial charge in [-0.3, -0.25) is 14.8 Å². The number of aromatic nitrogens is 2. The van der Waals surface area contributed by atoms with Gasteiger partial charge in [0.1, 0.15) is 0 Å². The van der Waals surface area contributed by atoms with Crippen molar-refractivity contribution in [3.63, 3.8) is 0 Å². The summed E-state index contributed by atoms with van der Waals surface area (Å²) >= 11 is 0. The molecule has 0 radical (unpaired) electrons. The summed E-state index contributed by atoms with van der Waals surface area (Å²) in [5, 5.41) is 9.75. The number of carbonyl (C=O) groups is 1. The van der Waals surface area contributed by atoms with Crippen molar-refractivity contribution in [1.29, 1.82) is 0 Å². The van der Waals surface area contributed by atoms with E-state index in [2.05, 4.69) is 14.9 Å². The van der Waals surface area contributed by atoms with E-state index in [9.17, 15) is 9.90 Å². The second kappa shape index (κ2) is 9.25. The molecule has 1 N–H and O–H groups in total. The fraction of sp³-hybridized carbons (Fsp3) is 0.737. The van der Waals surface area contributed by atoms with E-state index in [-0.39, 0.29) is 18.4 Å². The number of aryl methyl sites for hydroxylation is 1. The van der Waals surface area contributed by atoms with Crippen molar-refractivity contribution in [2.75, 3.05) is 39.3 Å². The minimum Gasteiger partial charge on any atom is -0.396 e. The summed E-state index contributed by atoms with van der Waals surface area (Å²) in [6.45, 7) is 4.98. The Morgan fingerprint density at radius 3 is 2.56 bits per heavy atom. The van der Waals surface area contributed by atoms with Crippen LogP contribution in [0.5, 0.6) is 0 Å². The molecule has 2 aliphatic heterocycles. The molecule has 2 aliphatic rings. The van der Waals surface area contributed by atoms with Gasteiger partial charge < -0.3 is 14.9 Å². The highest BCUT2D eigenvalue weighted by molar-refractivity contribution is 5.76. The number of aliphatic hydroxyl groups excluding tert-OH is 1. The van der Waals surface area contributed by atoms with Crippen LogP contribution in [0.2, 0.25) is 0 Å². The molecule has 0 bridgehead atoms. The smallest absolute Gasteiger partial charge is 0.222 e. The quantitative estimate of drug-likeness (QED) is 0.842. The van der Waals surface area contributed by atoms with Gasteiger partial charge in [0.2, 0.25) is 5.91 Å². The van der Waals surface area contributed by atoms with Crippen molar-refractivity contribution in [3.8, 4) is 0 Å². The summed E-state index contributed by atoms with van der Waals surface area (Å²) < 4.78 is 0. The maximum atomic E-state index is 12.6. The number of nitrogens with zero attached hydrogens (tertiary/aromatic N) is 4. The van der Waals surface area contributed by atoms with Gasteiger partial charge in [-0.15, -0.1) is 0 Å². The lowest BCUT2D eigenvalue weighted by molar-refractivity contribution is -0.130. The van der Waals surface area contributed by atoms with Crippen LogP contribution < -0.4 is 0 Å². The zero-order chi connectivity index (χ0) is 17.5. The fourth-order valence-corrected chi connectivity index (χ4v) is 4.06. The molecule has 0 aliphatic carbocycles. The summed E-state index contributed by atoms with van der Waals surface area (Å²) in [6.07, 6.45) is 11.3. The summed E-state index contributed by atoms with van der Waals surface area (Å²) in [4.78, 5) is 25.3. The highest BCUT2D eigenvalue weighted by atomic mass is 16.3. The van der Waals surface area contributed by atoms with E-state index in [1.54, 1.807) is 18.6 Å². The standard InChI is InChI=1S/C19H30N4O2/c24-15-17-14-23(19(25)6-5-18-11-20-7-8-21-18)13-16(17)12-22-9-3-1-2-4-10-22/h7-8,11,16-17,24H,1-6,9-10,12-15H2/t16-,17-/m1/s1. The van der Waals surface area contributed by atoms with Gasteiger partial charge in [0, 0.05) is 57.2 Å². The van der Waals surface area contributed by atoms with Crippen LogP contribution in [0.3, 0.4) is 0 Å². The zero-order valence-corrected chi connectivity index (χ0v) is 15.0. The van der Waals surface area contributed by atoms with Crippen molar-refractivity contribution < 1.29 is 9.90 Å². The van der Waals surface area contributed by atoms with Crippen molar-refractivity contribution in [1.82, 2.24) is 19.8 Å². The highest BCUT2D eigenvalue weighted by Crippen LogP contribution is 2.26. The molecule has 2 atom stereocenters. The van der Waals surface area contributed by atoms with Crippen LogP contribution in [-0.4, -0.2) is 70.1 Å². The molecule has 3 heterocycles. The van der Waals surface area contributed by atoms with E-state index in [1.807, 2.05) is 4.90 Å². The van der Waals surface area contributed by atoms with Gasteiger partial charge >= 0.3 is 0 Å². The van der Waals surface area contributed by atoms with Crippen molar-refractivity contribution in [2.45, 2.75) is 38.5 Å². The molecule has 3 rings (SSSR count). The van der Waals surface area contributed by atoms with E-state index in [1.165, 1.54) is 25.7 Å². The lowest BCUT2D eigenvalue weighted by Crippen LogP contribution is -2.35. The summed E-state index contributed by atoms with van der Waals surface area (Å²) in [5.41, 5.74) is 0.856. The third-order valence-electron chi connectivity index (χ3n) is 5.57. The number of aliphatic hydroxyl groups is 1. The molecule has 0 aromatic carbocycles. The monoisotopic (exact) mass is 346 g/mol. The average Bonchev–Trinajstić information content (AvgIpc) is 2.87. The van der Waals surface area contributed by atoms with Gasteiger partial charge in [-0.25, -0.2) is 0 Å². The molecule has 6 heteroatoms. The molecule has 2 fully saturated rings. The molecule has 1 amide bonds. The molecule has 6 nitrogen and oxygen atoms in total. The van der Waals surface area contributed by atoms with Crippen molar-refractivity contribution >= 4 is 5.91 Å². The topological polar surface area (TPSA) is 69.6 Å². The number of hydrogen-bond donors (Lipinski definition) is 1. The molecule has 0 unspecified atom stereocenters. The van der Waals surface area contributed by atoms with Crippen LogP contribution in [-0.2, 0) is 11.2 Å². The van der Waals surface area contributed by atoms with Gasteiger partial charge in [0.15, 0.2) is 0 Å². The molecule has 0 spiro atoms. The molecule has 25 heavy (non-hydrogen) atoms. The fourth-order valence-electron chi connectivity index (χ4n) is 4.06. The SMILES string of the molecule is O=C(CCc1cnccn1)N1C[C@@H](CN2CCCCCC2)[C@@H](CO)C1. The number of carbonyl (C=O) groups excluding carboxylic acids is 1. The third kappa shape index (κ3) is 5.22. The second-order valence-electron chi connectivity index (χ2n) is 7.41. The Morgan fingerprint density at radius 1 is 1.12 bits per heavy atom. The largest absolute Gasteiger partial charge is 0.396 e. The Bertz CT molecular complexity index is 531. The molecule has 1 aromatic rings. The minimum absolute atomic E-state index is 0.169. The average molecular weight is 346 g/mol. The Balaban J connectivity index is 1.50. The van der Waals surface area contributed by atoms with Gasteiger partial charge in [0.25, 0.3) is 0 Å². The molecule has 2 saturated heterocycles. The molecular weight excluding hydrogens is 316 g/mol. The predicted molar refractivity (Wildman–Crippen MR) is 95.9 cm³/mol. The maximum Gasteiger partial charge on any atom is 0.222 e. The van der Waals surface area contributed by atoms with E-state index in [4.69, 9.17) is 0 Å². The van der Waals surface area contributed by atoms with Crippen LogP contribution in [0.1, 0.15) is 37.8 Å². The van der Waals surface area contributed by atoms with Crippen LogP contribution in [0, 0.1) is 11.8 Å². The predicted octanol–water partition coefficient (Wildman–Crippen LogP) is 1.35. The first-order valence-corrected chi connectivity index (χ1v) is 9.62. The Kier molecular flexibility index (Phi) is 6.76. The van der Waals surface area contributed by atoms with Gasteiger partial charge in [-0.05, 0) is 38.3 Å². The summed E-state index contributed by atoms with van der Waals surface area (Å²) in [6, 6.07) is 0. The van der Waals surface area contributed by atoms with E-state index in [0.717, 1.165) is 31.9 Å². The van der Waals surface area contributed by atoms with Gasteiger partial charge in [-0.2, -0.15) is 0 Å². The van der Waals surface area contributed by atoms with E-state index < -0.39 is 0 Å². The van der Waals surface area contributed by atoms with E-state index in [0.29, 0.717) is 25.3 Å². The lowest BCUT2D eigenvalue weighted by atomic mass is 9.96. The van der Waals surface area contributed by atoms with Crippen molar-refractivity contribution in [2.24, 2.45) is 11.8 Å². The molecule has 1 aromatic heterocycles. The number of hydrogen-bond acceptors (Lipinski definition) is 5. The maximum absolute atomic E-state index is 12.6. The first-order valence-electron chi connectivity index (χ1n) is 9.62. The second-order valence-corrected chi connectivity index (χ2v) is 7.41. The molecular formula is C19H30N4O2. The van der Waals surface area contributed by atoms with Crippen LogP contribution >= 0.6 is 0 Å². The third-order valence-corrected chi connectivity index (χ3v) is 5.57. The minimum atomic E-state index is 0.169. The Hall–Kier alpha value is -1.53. The summed E-state index contributed by atoms with van der Waals surface area (Å²) in [5.74, 6) is 0.773. The molecule has 138 valence electrons. The number of rotatable bonds is 6. The summed E-state index contributed by atoms with van der Waals surface area (Å²) in [7, 11) is 0. The van der Waals surface area contributed by atoms with Crippen LogP contribution in [0.25, 0.3) is 0 Å². The number of amides is 1. The normalized spacial score (nSPS) is 25.1. The lowest BCUT2D eigenvalue weighted by Gasteiger charge is -2.26. The van der Waals surface area contributed by atoms with Crippen molar-refractivity contribution in [3.05, 3.63) is 24.3 Å². The van der Waals surface area contributed by atoms with E-state index >= 15 is 0 Å². The van der Waals surface area contributed by atoms with Gasteiger partial charge in [0.05, 0.1) is 5.69 Å². The first-order chi connectivity index (χ1) is 12.3. The molecule has 0 saturated carbocycles. The Morgan fingerprint density at radius 2 is 1.88 bits per heavy atom. The van der Waals surface area contributed by atoms with Crippen LogP contribution in [0.4, 0.5) is 0 Å². The van der Waals surface area contributed by atoms with Gasteiger partial charge in [-0.1, -0.05) is 12.8 Å². The first kappa shape index (κ1) is 18.3. The number of likely N-dealkylation sites (tertiary alicyclic amines) is 2. The zero-order valence-electron chi connectivity index (χ0n) is 15.0. The van der Waals surface area contributed by atoms with Crippen LogP contribution in [0.15, 0.2) is 18.6 Å². The highest BCUT2D eigenvalue weighted by Gasteiger charge is 2.35. The Labute approximate surface area is 150 Å².